The maximum absolute atomic E-state index is 10.5. The molecule has 0 aliphatic heterocycles. The van der Waals surface area contributed by atoms with Gasteiger partial charge in [-0.15, -0.1) is 0 Å². The van der Waals surface area contributed by atoms with E-state index in [1.165, 1.54) is 0 Å². The first kappa shape index (κ1) is 11.5. The van der Waals surface area contributed by atoms with Crippen LogP contribution in [0.15, 0.2) is 18.3 Å². The molecule has 0 saturated heterocycles. The number of rotatable bonds is 5. The first-order chi connectivity index (χ1) is 7.13. The van der Waals surface area contributed by atoms with E-state index in [0.29, 0.717) is 18.7 Å². The van der Waals surface area contributed by atoms with E-state index < -0.39 is 12.0 Å². The lowest BCUT2D eigenvalue weighted by molar-refractivity contribution is -0.138. The number of hydrogen-bond acceptors (Lipinski definition) is 4. The van der Waals surface area contributed by atoms with Crippen molar-refractivity contribution in [1.29, 1.82) is 0 Å². The fourth-order valence-corrected chi connectivity index (χ4v) is 1.13. The summed E-state index contributed by atoms with van der Waals surface area (Å²) in [6, 6.07) is 2.77. The molecule has 0 amide bonds. The van der Waals surface area contributed by atoms with Crippen molar-refractivity contribution < 1.29 is 14.6 Å². The van der Waals surface area contributed by atoms with Gasteiger partial charge in [0.25, 0.3) is 0 Å². The van der Waals surface area contributed by atoms with Gasteiger partial charge in [0.15, 0.2) is 0 Å². The molecule has 0 aromatic carbocycles. The molecule has 0 bridgehead atoms. The fraction of sp³-hybridized carbons (Fsp3) is 0.400. The van der Waals surface area contributed by atoms with E-state index in [2.05, 4.69) is 4.98 Å². The van der Waals surface area contributed by atoms with Crippen LogP contribution in [-0.4, -0.2) is 29.2 Å². The highest BCUT2D eigenvalue weighted by atomic mass is 16.5. The van der Waals surface area contributed by atoms with Crippen molar-refractivity contribution in [3.63, 3.8) is 0 Å². The molecule has 0 aliphatic rings. The molecule has 15 heavy (non-hydrogen) atoms. The van der Waals surface area contributed by atoms with E-state index in [1.54, 1.807) is 19.4 Å². The van der Waals surface area contributed by atoms with Crippen molar-refractivity contribution in [2.45, 2.75) is 18.9 Å². The summed E-state index contributed by atoms with van der Waals surface area (Å²) >= 11 is 0. The van der Waals surface area contributed by atoms with Gasteiger partial charge in [0.2, 0.25) is 5.88 Å². The van der Waals surface area contributed by atoms with Gasteiger partial charge >= 0.3 is 5.97 Å². The number of aromatic nitrogens is 1. The molecule has 82 valence electrons. The van der Waals surface area contributed by atoms with Crippen molar-refractivity contribution in [3.05, 3.63) is 23.9 Å². The average Bonchev–Trinajstić information content (AvgIpc) is 2.26. The summed E-state index contributed by atoms with van der Waals surface area (Å²) in [5, 5.41) is 8.58. The van der Waals surface area contributed by atoms with Gasteiger partial charge in [0.1, 0.15) is 6.04 Å². The molecule has 1 aromatic rings. The van der Waals surface area contributed by atoms with Crippen LogP contribution in [0.4, 0.5) is 0 Å². The Hall–Kier alpha value is -1.62. The van der Waals surface area contributed by atoms with E-state index in [-0.39, 0.29) is 0 Å². The Morgan fingerprint density at radius 3 is 2.87 bits per heavy atom. The normalized spacial score (nSPS) is 12.1. The number of ether oxygens (including phenoxy) is 1. The summed E-state index contributed by atoms with van der Waals surface area (Å²) in [4.78, 5) is 14.5. The number of aliphatic carboxylic acids is 1. The molecule has 0 spiro atoms. The molecule has 0 fully saturated rings. The number of carboxylic acids is 1. The van der Waals surface area contributed by atoms with Gasteiger partial charge in [0.05, 0.1) is 7.11 Å². The smallest absolute Gasteiger partial charge is 0.320 e. The van der Waals surface area contributed by atoms with Gasteiger partial charge in [-0.1, -0.05) is 6.07 Å². The monoisotopic (exact) mass is 210 g/mol. The first-order valence-corrected chi connectivity index (χ1v) is 4.61. The first-order valence-electron chi connectivity index (χ1n) is 4.61. The van der Waals surface area contributed by atoms with Crippen LogP contribution < -0.4 is 10.5 Å². The third kappa shape index (κ3) is 3.55. The molecule has 3 N–H and O–H groups in total. The second-order valence-electron chi connectivity index (χ2n) is 3.19. The minimum absolute atomic E-state index is 0.406. The van der Waals surface area contributed by atoms with E-state index >= 15 is 0 Å². The van der Waals surface area contributed by atoms with Crippen LogP contribution in [0.5, 0.6) is 5.88 Å². The lowest BCUT2D eigenvalue weighted by Crippen LogP contribution is -2.30. The number of pyridine rings is 1. The lowest BCUT2D eigenvalue weighted by Gasteiger charge is -2.06. The number of methoxy groups -OCH3 is 1. The largest absolute Gasteiger partial charge is 0.481 e. The van der Waals surface area contributed by atoms with Crippen molar-refractivity contribution in [1.82, 2.24) is 4.98 Å². The summed E-state index contributed by atoms with van der Waals surface area (Å²) in [5.74, 6) is -0.433. The van der Waals surface area contributed by atoms with Crippen LogP contribution in [0, 0.1) is 0 Å². The molecule has 5 heteroatoms. The standard InChI is InChI=1S/C10H14N2O3/c1-15-9-5-3-7(6-12-9)2-4-8(11)10(13)14/h3,5-6,8H,2,4,11H2,1H3,(H,13,14)/t8-/m0/s1. The van der Waals surface area contributed by atoms with Gasteiger partial charge in [-0.25, -0.2) is 4.98 Å². The summed E-state index contributed by atoms with van der Waals surface area (Å²) in [5.41, 5.74) is 6.33. The molecule has 1 atom stereocenters. The second-order valence-corrected chi connectivity index (χ2v) is 3.19. The van der Waals surface area contributed by atoms with E-state index in [4.69, 9.17) is 15.6 Å². The summed E-state index contributed by atoms with van der Waals surface area (Å²) in [7, 11) is 1.54. The molecule has 0 saturated carbocycles. The maximum Gasteiger partial charge on any atom is 0.320 e. The van der Waals surface area contributed by atoms with Crippen molar-refractivity contribution in [3.8, 4) is 5.88 Å². The Morgan fingerprint density at radius 2 is 2.40 bits per heavy atom. The minimum atomic E-state index is -0.975. The molecule has 5 nitrogen and oxygen atoms in total. The predicted octanol–water partition coefficient (Wildman–Crippen LogP) is 0.435. The molecule has 0 unspecified atom stereocenters. The van der Waals surface area contributed by atoms with Crippen molar-refractivity contribution in [2.24, 2.45) is 5.73 Å². The zero-order chi connectivity index (χ0) is 11.3. The van der Waals surface area contributed by atoms with Gasteiger partial charge in [0, 0.05) is 12.3 Å². The predicted molar refractivity (Wildman–Crippen MR) is 54.7 cm³/mol. The molecular weight excluding hydrogens is 196 g/mol. The van der Waals surface area contributed by atoms with Gasteiger partial charge in [-0.05, 0) is 18.4 Å². The third-order valence-electron chi connectivity index (χ3n) is 2.07. The number of hydrogen-bond donors (Lipinski definition) is 2. The number of aryl methyl sites for hydroxylation is 1. The molecule has 1 rings (SSSR count). The number of nitrogens with two attached hydrogens (primary N) is 1. The Labute approximate surface area is 87.9 Å². The Morgan fingerprint density at radius 1 is 1.67 bits per heavy atom. The second kappa shape index (κ2) is 5.31. The van der Waals surface area contributed by atoms with E-state index in [1.807, 2.05) is 6.07 Å². The van der Waals surface area contributed by atoms with Gasteiger partial charge < -0.3 is 15.6 Å². The SMILES string of the molecule is COc1ccc(CC[C@H](N)C(=O)O)cn1. The highest BCUT2D eigenvalue weighted by Crippen LogP contribution is 2.09. The molecule has 1 heterocycles. The average molecular weight is 210 g/mol. The highest BCUT2D eigenvalue weighted by Gasteiger charge is 2.10. The number of carboxylic acid groups (broad SMARTS) is 1. The Balaban J connectivity index is 2.47. The summed E-state index contributed by atoms with van der Waals surface area (Å²) < 4.78 is 4.90. The fourth-order valence-electron chi connectivity index (χ4n) is 1.13. The molecule has 1 aromatic heterocycles. The zero-order valence-electron chi connectivity index (χ0n) is 8.51. The van der Waals surface area contributed by atoms with Crippen LogP contribution in [0.2, 0.25) is 0 Å². The van der Waals surface area contributed by atoms with Crippen LogP contribution in [0.3, 0.4) is 0 Å². The zero-order valence-corrected chi connectivity index (χ0v) is 8.51. The van der Waals surface area contributed by atoms with Crippen LogP contribution in [0.1, 0.15) is 12.0 Å². The summed E-state index contributed by atoms with van der Waals surface area (Å²) in [6.45, 7) is 0. The van der Waals surface area contributed by atoms with Crippen LogP contribution in [0.25, 0.3) is 0 Å². The number of nitrogens with zero attached hydrogens (tertiary/aromatic N) is 1. The maximum atomic E-state index is 10.5. The van der Waals surface area contributed by atoms with Crippen molar-refractivity contribution in [2.75, 3.05) is 7.11 Å². The van der Waals surface area contributed by atoms with E-state index in [9.17, 15) is 4.79 Å². The van der Waals surface area contributed by atoms with Crippen LogP contribution >= 0.6 is 0 Å². The van der Waals surface area contributed by atoms with Crippen molar-refractivity contribution >= 4 is 5.97 Å². The highest BCUT2D eigenvalue weighted by molar-refractivity contribution is 5.73. The molecular formula is C10H14N2O3. The molecule has 0 radical (unpaired) electrons. The molecule has 0 aliphatic carbocycles. The van der Waals surface area contributed by atoms with E-state index in [0.717, 1.165) is 5.56 Å². The summed E-state index contributed by atoms with van der Waals surface area (Å²) in [6.07, 6.45) is 2.67. The lowest BCUT2D eigenvalue weighted by atomic mass is 10.1. The quantitative estimate of drug-likeness (QED) is 0.736. The van der Waals surface area contributed by atoms with Gasteiger partial charge in [-0.2, -0.15) is 0 Å². The van der Waals surface area contributed by atoms with Gasteiger partial charge in [-0.3, -0.25) is 4.79 Å². The topological polar surface area (TPSA) is 85.4 Å². The Bertz CT molecular complexity index is 324. The minimum Gasteiger partial charge on any atom is -0.481 e. The Kier molecular flexibility index (Phi) is 4.05. The third-order valence-corrected chi connectivity index (χ3v) is 2.07. The number of carbonyl (C=O) groups is 1. The van der Waals surface area contributed by atoms with Crippen LogP contribution in [-0.2, 0) is 11.2 Å².